The van der Waals surface area contributed by atoms with E-state index in [1.165, 1.54) is 9.80 Å². The van der Waals surface area contributed by atoms with Gasteiger partial charge in [-0.05, 0) is 19.4 Å². The van der Waals surface area contributed by atoms with Gasteiger partial charge in [0.15, 0.2) is 9.84 Å². The summed E-state index contributed by atoms with van der Waals surface area (Å²) in [6.07, 6.45) is 3.73. The lowest BCUT2D eigenvalue weighted by molar-refractivity contribution is -0.153. The van der Waals surface area contributed by atoms with Gasteiger partial charge in [0, 0.05) is 51.2 Å². The first-order valence-electron chi connectivity index (χ1n) is 8.73. The summed E-state index contributed by atoms with van der Waals surface area (Å²) >= 11 is 0. The van der Waals surface area contributed by atoms with Gasteiger partial charge in [-0.25, -0.2) is 18.4 Å². The monoisotopic (exact) mass is 381 g/mol. The van der Waals surface area contributed by atoms with Crippen LogP contribution in [0.3, 0.4) is 0 Å². The van der Waals surface area contributed by atoms with E-state index in [2.05, 4.69) is 9.97 Å². The molecule has 0 spiro atoms. The van der Waals surface area contributed by atoms with Crippen molar-refractivity contribution in [1.82, 2.24) is 19.8 Å². The van der Waals surface area contributed by atoms with Crippen molar-refractivity contribution >= 4 is 27.6 Å². The molecular weight excluding hydrogens is 358 g/mol. The number of amides is 2. The van der Waals surface area contributed by atoms with Crippen LogP contribution >= 0.6 is 0 Å². The molecule has 26 heavy (non-hydrogen) atoms. The molecule has 2 aliphatic rings. The standard InChI is InChI=1S/C16H23N5O4S/c1-2-21(13-4-11-26(24,25)12-13)15(23)14(22)19-7-9-20(10-8-19)16-17-5-3-6-18-16/h3,5-6,13H,2,4,7-12H2,1H3. The highest BCUT2D eigenvalue weighted by atomic mass is 32.2. The molecule has 0 aromatic carbocycles. The first-order valence-corrected chi connectivity index (χ1v) is 10.6. The molecule has 3 rings (SSSR count). The van der Waals surface area contributed by atoms with Crippen molar-refractivity contribution in [1.29, 1.82) is 0 Å². The minimum atomic E-state index is -3.11. The molecule has 2 saturated heterocycles. The maximum absolute atomic E-state index is 12.6. The molecule has 2 amide bonds. The predicted octanol–water partition coefficient (Wildman–Crippen LogP) is -0.839. The van der Waals surface area contributed by atoms with Crippen molar-refractivity contribution in [2.75, 3.05) is 49.1 Å². The molecule has 0 radical (unpaired) electrons. The van der Waals surface area contributed by atoms with Gasteiger partial charge >= 0.3 is 11.8 Å². The predicted molar refractivity (Wildman–Crippen MR) is 95.3 cm³/mol. The zero-order valence-corrected chi connectivity index (χ0v) is 15.6. The van der Waals surface area contributed by atoms with E-state index in [-0.39, 0.29) is 11.5 Å². The van der Waals surface area contributed by atoms with Crippen LogP contribution in [0.5, 0.6) is 0 Å². The van der Waals surface area contributed by atoms with Crippen molar-refractivity contribution in [3.05, 3.63) is 18.5 Å². The molecule has 10 heteroatoms. The van der Waals surface area contributed by atoms with Crippen molar-refractivity contribution in [2.24, 2.45) is 0 Å². The number of nitrogens with zero attached hydrogens (tertiary/aromatic N) is 5. The molecule has 0 saturated carbocycles. The van der Waals surface area contributed by atoms with E-state index in [1.54, 1.807) is 25.4 Å². The molecule has 2 fully saturated rings. The fraction of sp³-hybridized carbons (Fsp3) is 0.625. The molecule has 1 atom stereocenters. The molecule has 0 aliphatic carbocycles. The summed E-state index contributed by atoms with van der Waals surface area (Å²) < 4.78 is 23.4. The summed E-state index contributed by atoms with van der Waals surface area (Å²) in [4.78, 5) is 38.5. The second-order valence-electron chi connectivity index (χ2n) is 6.48. The number of rotatable bonds is 3. The number of likely N-dealkylation sites (N-methyl/N-ethyl adjacent to an activating group) is 1. The maximum Gasteiger partial charge on any atom is 0.312 e. The van der Waals surface area contributed by atoms with Crippen LogP contribution < -0.4 is 4.90 Å². The zero-order valence-electron chi connectivity index (χ0n) is 14.7. The van der Waals surface area contributed by atoms with Crippen LogP contribution in [0, 0.1) is 0 Å². The summed E-state index contributed by atoms with van der Waals surface area (Å²) in [5.74, 6) is -0.550. The van der Waals surface area contributed by atoms with Gasteiger partial charge in [0.05, 0.1) is 11.5 Å². The molecule has 0 bridgehead atoms. The maximum atomic E-state index is 12.6. The summed E-state index contributed by atoms with van der Waals surface area (Å²) in [6, 6.07) is 1.34. The van der Waals surface area contributed by atoms with Crippen molar-refractivity contribution < 1.29 is 18.0 Å². The van der Waals surface area contributed by atoms with Gasteiger partial charge in [-0.3, -0.25) is 9.59 Å². The molecule has 0 N–H and O–H groups in total. The average Bonchev–Trinajstić information content (AvgIpc) is 3.02. The molecule has 1 aromatic heterocycles. The number of aromatic nitrogens is 2. The van der Waals surface area contributed by atoms with E-state index in [0.717, 1.165) is 0 Å². The summed E-state index contributed by atoms with van der Waals surface area (Å²) in [6.45, 7) is 4.00. The highest BCUT2D eigenvalue weighted by Gasteiger charge is 2.37. The van der Waals surface area contributed by atoms with E-state index >= 15 is 0 Å². The Bertz CT molecular complexity index is 762. The van der Waals surface area contributed by atoms with Crippen LogP contribution in [0.25, 0.3) is 0 Å². The van der Waals surface area contributed by atoms with E-state index in [4.69, 9.17) is 0 Å². The Balaban J connectivity index is 1.59. The van der Waals surface area contributed by atoms with E-state index in [0.29, 0.717) is 45.1 Å². The lowest BCUT2D eigenvalue weighted by atomic mass is 10.2. The van der Waals surface area contributed by atoms with Gasteiger partial charge in [-0.1, -0.05) is 0 Å². The Hall–Kier alpha value is -2.23. The summed E-state index contributed by atoms with van der Waals surface area (Å²) in [5.41, 5.74) is 0. The van der Waals surface area contributed by atoms with Gasteiger partial charge in [0.25, 0.3) is 0 Å². The highest BCUT2D eigenvalue weighted by Crippen LogP contribution is 2.19. The molecule has 3 heterocycles. The van der Waals surface area contributed by atoms with Gasteiger partial charge in [0.1, 0.15) is 0 Å². The quantitative estimate of drug-likeness (QED) is 0.629. The number of hydrogen-bond donors (Lipinski definition) is 0. The fourth-order valence-corrected chi connectivity index (χ4v) is 5.14. The largest absolute Gasteiger partial charge is 0.337 e. The third-order valence-electron chi connectivity index (χ3n) is 4.84. The molecule has 9 nitrogen and oxygen atoms in total. The van der Waals surface area contributed by atoms with Crippen molar-refractivity contribution in [2.45, 2.75) is 19.4 Å². The van der Waals surface area contributed by atoms with Crippen LogP contribution in [-0.2, 0) is 19.4 Å². The Labute approximate surface area is 152 Å². The lowest BCUT2D eigenvalue weighted by Gasteiger charge is -2.35. The molecule has 1 unspecified atom stereocenters. The van der Waals surface area contributed by atoms with Gasteiger partial charge in [-0.2, -0.15) is 0 Å². The van der Waals surface area contributed by atoms with Crippen molar-refractivity contribution in [3.8, 4) is 0 Å². The first-order chi connectivity index (χ1) is 12.4. The van der Waals surface area contributed by atoms with Crippen LogP contribution in [-0.4, -0.2) is 90.3 Å². The number of sulfone groups is 1. The molecule has 2 aliphatic heterocycles. The van der Waals surface area contributed by atoms with Crippen LogP contribution in [0.2, 0.25) is 0 Å². The minimum Gasteiger partial charge on any atom is -0.337 e. The Kier molecular flexibility index (Phi) is 5.40. The van der Waals surface area contributed by atoms with Gasteiger partial charge in [-0.15, -0.1) is 0 Å². The van der Waals surface area contributed by atoms with Crippen LogP contribution in [0.1, 0.15) is 13.3 Å². The Morgan fingerprint density at radius 3 is 2.38 bits per heavy atom. The average molecular weight is 381 g/mol. The number of carbonyl (C=O) groups is 2. The Morgan fingerprint density at radius 2 is 1.85 bits per heavy atom. The van der Waals surface area contributed by atoms with Gasteiger partial charge < -0.3 is 14.7 Å². The van der Waals surface area contributed by atoms with Gasteiger partial charge in [0.2, 0.25) is 5.95 Å². The molecular formula is C16H23N5O4S. The third kappa shape index (κ3) is 3.95. The first kappa shape index (κ1) is 18.6. The third-order valence-corrected chi connectivity index (χ3v) is 6.59. The lowest BCUT2D eigenvalue weighted by Crippen LogP contribution is -2.55. The number of piperazine rings is 1. The fourth-order valence-electron chi connectivity index (χ4n) is 3.41. The van der Waals surface area contributed by atoms with E-state index < -0.39 is 27.7 Å². The summed E-state index contributed by atoms with van der Waals surface area (Å²) in [5, 5.41) is 0. The Morgan fingerprint density at radius 1 is 1.19 bits per heavy atom. The summed E-state index contributed by atoms with van der Waals surface area (Å²) in [7, 11) is -3.11. The minimum absolute atomic E-state index is 0.0566. The number of anilines is 1. The zero-order chi connectivity index (χ0) is 18.7. The second kappa shape index (κ2) is 7.56. The topological polar surface area (TPSA) is 104 Å². The highest BCUT2D eigenvalue weighted by molar-refractivity contribution is 7.91. The molecule has 142 valence electrons. The van der Waals surface area contributed by atoms with E-state index in [9.17, 15) is 18.0 Å². The molecule has 1 aromatic rings. The second-order valence-corrected chi connectivity index (χ2v) is 8.70. The number of hydrogen-bond acceptors (Lipinski definition) is 7. The normalized spacial score (nSPS) is 22.3. The number of carbonyl (C=O) groups excluding carboxylic acids is 2. The van der Waals surface area contributed by atoms with E-state index in [1.807, 2.05) is 4.90 Å². The SMILES string of the molecule is CCN(C(=O)C(=O)N1CCN(c2ncccn2)CC1)C1CCS(=O)(=O)C1. The smallest absolute Gasteiger partial charge is 0.312 e. The van der Waals surface area contributed by atoms with Crippen LogP contribution in [0.15, 0.2) is 18.5 Å². The van der Waals surface area contributed by atoms with Crippen LogP contribution in [0.4, 0.5) is 5.95 Å². The van der Waals surface area contributed by atoms with Crippen molar-refractivity contribution in [3.63, 3.8) is 0 Å².